The summed E-state index contributed by atoms with van der Waals surface area (Å²) in [5.41, 5.74) is 2.98. The van der Waals surface area contributed by atoms with Crippen LogP contribution in [0.25, 0.3) is 0 Å². The molecule has 0 radical (unpaired) electrons. The molecule has 36 heavy (non-hydrogen) atoms. The molecule has 1 saturated carbocycles. The summed E-state index contributed by atoms with van der Waals surface area (Å²) in [5, 5.41) is 11.8. The summed E-state index contributed by atoms with van der Waals surface area (Å²) in [5.74, 6) is 2.34. The van der Waals surface area contributed by atoms with Crippen LogP contribution in [-0.2, 0) is 4.79 Å². The van der Waals surface area contributed by atoms with Gasteiger partial charge in [0.15, 0.2) is 0 Å². The van der Waals surface area contributed by atoms with Crippen LogP contribution in [0, 0.1) is 12.3 Å². The second-order valence-electron chi connectivity index (χ2n) is 12.1. The van der Waals surface area contributed by atoms with E-state index in [1.807, 2.05) is 24.9 Å². The summed E-state index contributed by atoms with van der Waals surface area (Å²) in [6.45, 7) is 8.52. The molecule has 1 amide bonds. The molecular weight excluding hydrogens is 452 g/mol. The van der Waals surface area contributed by atoms with Gasteiger partial charge in [-0.15, -0.1) is 0 Å². The van der Waals surface area contributed by atoms with Crippen LogP contribution in [0.5, 0.6) is 0 Å². The van der Waals surface area contributed by atoms with Gasteiger partial charge in [0.05, 0.1) is 22.8 Å². The Labute approximate surface area is 214 Å². The second kappa shape index (κ2) is 9.01. The molecule has 3 saturated heterocycles. The van der Waals surface area contributed by atoms with Crippen LogP contribution in [0.2, 0.25) is 0 Å². The molecule has 4 aliphatic rings. The average molecular weight is 493 g/mol. The Bertz CT molecular complexity index is 1120. The van der Waals surface area contributed by atoms with Crippen LogP contribution < -0.4 is 10.6 Å². The van der Waals surface area contributed by atoms with Gasteiger partial charge in [-0.2, -0.15) is 10.1 Å². The van der Waals surface area contributed by atoms with E-state index in [0.717, 1.165) is 43.3 Å². The fraction of sp³-hybridized carbons (Fsp3) is 0.704. The smallest absolute Gasteiger partial charge is 0.230 e. The molecule has 0 aromatic carbocycles. The molecule has 9 heteroatoms. The third kappa shape index (κ3) is 4.46. The number of carbonyl (C=O) groups is 1. The normalized spacial score (nSPS) is 27.3. The zero-order valence-electron chi connectivity index (χ0n) is 22.1. The number of aromatic nitrogens is 4. The van der Waals surface area contributed by atoms with Crippen molar-refractivity contribution in [2.75, 3.05) is 37.3 Å². The zero-order valence-corrected chi connectivity index (χ0v) is 22.1. The van der Waals surface area contributed by atoms with Crippen molar-refractivity contribution >= 4 is 23.4 Å². The minimum atomic E-state index is -0.182. The number of nitrogens with zero attached hydrogens (tertiary/aromatic N) is 6. The fourth-order valence-electron chi connectivity index (χ4n) is 6.41. The second-order valence-corrected chi connectivity index (χ2v) is 12.1. The Balaban J connectivity index is 1.10. The van der Waals surface area contributed by atoms with Gasteiger partial charge < -0.3 is 20.4 Å². The number of anilines is 3. The van der Waals surface area contributed by atoms with Crippen molar-refractivity contribution in [2.24, 2.45) is 5.41 Å². The van der Waals surface area contributed by atoms with Gasteiger partial charge in [0.1, 0.15) is 5.82 Å². The Hall–Kier alpha value is -2.68. The summed E-state index contributed by atoms with van der Waals surface area (Å²) >= 11 is 0. The maximum atomic E-state index is 12.2. The minimum Gasteiger partial charge on any atom is -0.370 e. The summed E-state index contributed by atoms with van der Waals surface area (Å²) in [6, 6.07) is 1.84. The molecule has 2 aromatic rings. The molecule has 2 N–H and O–H groups in total. The Morgan fingerprint density at radius 3 is 2.53 bits per heavy atom. The number of carbonyl (C=O) groups excluding carboxylic acids is 1. The van der Waals surface area contributed by atoms with Gasteiger partial charge in [0.2, 0.25) is 11.9 Å². The van der Waals surface area contributed by atoms with E-state index in [4.69, 9.17) is 10.1 Å². The van der Waals surface area contributed by atoms with Gasteiger partial charge in [-0.3, -0.25) is 9.48 Å². The fourth-order valence-corrected chi connectivity index (χ4v) is 6.41. The van der Waals surface area contributed by atoms with Crippen molar-refractivity contribution < 1.29 is 4.79 Å². The van der Waals surface area contributed by atoms with E-state index in [9.17, 15) is 4.79 Å². The number of nitrogens with one attached hydrogen (secondary N) is 2. The van der Waals surface area contributed by atoms with Crippen LogP contribution in [0.1, 0.15) is 82.0 Å². The molecular formula is C27H40N8O. The summed E-state index contributed by atoms with van der Waals surface area (Å²) in [4.78, 5) is 26.2. The van der Waals surface area contributed by atoms with Gasteiger partial charge in [0, 0.05) is 49.7 Å². The number of hydrogen-bond acceptors (Lipinski definition) is 7. The molecule has 6 rings (SSSR count). The van der Waals surface area contributed by atoms with Crippen molar-refractivity contribution in [1.82, 2.24) is 29.5 Å². The first-order valence-electron chi connectivity index (χ1n) is 13.7. The van der Waals surface area contributed by atoms with E-state index < -0.39 is 0 Å². The number of likely N-dealkylation sites (tertiary alicyclic amines) is 1. The lowest BCUT2D eigenvalue weighted by Crippen LogP contribution is -2.58. The number of fused-ring (bicyclic) bond motifs is 2. The standard InChI is InChI=1S/C27H40N8O/c1-17-23(15-35(32-17)21-12-19-8-9-20(13-21)33(19)4)30-26-29-14-22(18-6-7-18)24(31-26)28-10-5-11-34-16-27(2,3)25(34)36/h14-15,18-21H,5-13,16H2,1-4H3,(H2,28,29,30,31). The quantitative estimate of drug-likeness (QED) is 0.403. The molecule has 5 heterocycles. The topological polar surface area (TPSA) is 91.2 Å². The highest BCUT2D eigenvalue weighted by Gasteiger charge is 2.43. The average Bonchev–Trinajstić information content (AvgIpc) is 3.60. The lowest BCUT2D eigenvalue weighted by molar-refractivity contribution is -0.156. The van der Waals surface area contributed by atoms with E-state index in [0.29, 0.717) is 30.0 Å². The Morgan fingerprint density at radius 2 is 1.86 bits per heavy atom. The van der Waals surface area contributed by atoms with Gasteiger partial charge in [-0.25, -0.2) is 4.98 Å². The van der Waals surface area contributed by atoms with Crippen LogP contribution in [0.3, 0.4) is 0 Å². The Morgan fingerprint density at radius 1 is 1.11 bits per heavy atom. The number of amides is 1. The first kappa shape index (κ1) is 23.7. The van der Waals surface area contributed by atoms with E-state index in [1.54, 1.807) is 0 Å². The van der Waals surface area contributed by atoms with Crippen LogP contribution in [-0.4, -0.2) is 74.2 Å². The molecule has 2 aromatic heterocycles. The van der Waals surface area contributed by atoms with Gasteiger partial charge in [0.25, 0.3) is 0 Å². The molecule has 9 nitrogen and oxygen atoms in total. The van der Waals surface area contributed by atoms with E-state index in [1.165, 1.54) is 44.1 Å². The van der Waals surface area contributed by atoms with Crippen molar-refractivity contribution in [3.05, 3.63) is 23.7 Å². The summed E-state index contributed by atoms with van der Waals surface area (Å²) in [7, 11) is 2.28. The molecule has 1 aliphatic carbocycles. The lowest BCUT2D eigenvalue weighted by Gasteiger charge is -2.44. The van der Waals surface area contributed by atoms with E-state index in [-0.39, 0.29) is 11.3 Å². The highest BCUT2D eigenvalue weighted by molar-refractivity contribution is 5.87. The number of hydrogen-bond donors (Lipinski definition) is 2. The number of rotatable bonds is 9. The number of β-lactam (4-membered cyclic amide) rings is 1. The molecule has 4 fully saturated rings. The molecule has 2 atom stereocenters. The minimum absolute atomic E-state index is 0.182. The first-order valence-corrected chi connectivity index (χ1v) is 13.7. The van der Waals surface area contributed by atoms with Gasteiger partial charge in [-0.05, 0) is 78.7 Å². The predicted octanol–water partition coefficient (Wildman–Crippen LogP) is 4.07. The van der Waals surface area contributed by atoms with Crippen LogP contribution in [0.4, 0.5) is 17.5 Å². The predicted molar refractivity (Wildman–Crippen MR) is 141 cm³/mol. The van der Waals surface area contributed by atoms with Crippen molar-refractivity contribution in [3.63, 3.8) is 0 Å². The maximum Gasteiger partial charge on any atom is 0.230 e. The van der Waals surface area contributed by atoms with Crippen LogP contribution >= 0.6 is 0 Å². The van der Waals surface area contributed by atoms with E-state index >= 15 is 0 Å². The van der Waals surface area contributed by atoms with Crippen molar-refractivity contribution in [2.45, 2.75) is 89.8 Å². The molecule has 2 bridgehead atoms. The van der Waals surface area contributed by atoms with E-state index in [2.05, 4.69) is 45.4 Å². The number of piperidine rings is 1. The highest BCUT2D eigenvalue weighted by Crippen LogP contribution is 2.43. The highest BCUT2D eigenvalue weighted by atomic mass is 16.2. The SMILES string of the molecule is Cc1nn(C2CC3CCC(C2)N3C)cc1Nc1ncc(C2CC2)c(NCCCN2CC(C)(C)C2=O)n1. The Kier molecular flexibility index (Phi) is 5.93. The van der Waals surface area contributed by atoms with Gasteiger partial charge >= 0.3 is 0 Å². The largest absolute Gasteiger partial charge is 0.370 e. The number of aryl methyl sites for hydroxylation is 1. The summed E-state index contributed by atoms with van der Waals surface area (Å²) in [6.07, 6.45) is 12.4. The first-order chi connectivity index (χ1) is 17.3. The maximum absolute atomic E-state index is 12.2. The monoisotopic (exact) mass is 492 g/mol. The molecule has 3 aliphatic heterocycles. The van der Waals surface area contributed by atoms with Crippen molar-refractivity contribution in [1.29, 1.82) is 0 Å². The van der Waals surface area contributed by atoms with Crippen LogP contribution in [0.15, 0.2) is 12.4 Å². The van der Waals surface area contributed by atoms with Crippen molar-refractivity contribution in [3.8, 4) is 0 Å². The third-order valence-electron chi connectivity index (χ3n) is 8.79. The molecule has 2 unspecified atom stereocenters. The lowest BCUT2D eigenvalue weighted by atomic mass is 9.83. The van der Waals surface area contributed by atoms with Gasteiger partial charge in [-0.1, -0.05) is 0 Å². The molecule has 194 valence electrons. The third-order valence-corrected chi connectivity index (χ3v) is 8.79. The molecule has 0 spiro atoms. The zero-order chi connectivity index (χ0) is 25.0. The summed E-state index contributed by atoms with van der Waals surface area (Å²) < 4.78 is 2.17.